The molecule has 0 amide bonds. The Morgan fingerprint density at radius 2 is 1.74 bits per heavy atom. The van der Waals surface area contributed by atoms with E-state index in [0.29, 0.717) is 17.0 Å². The molecule has 0 spiro atoms. The fraction of sp³-hybridized carbons (Fsp3) is 0.333. The molecule has 4 N–H and O–H groups in total. The van der Waals surface area contributed by atoms with Crippen LogP contribution in [0.1, 0.15) is 22.8 Å². The molecule has 4 rings (SSSR count). The van der Waals surface area contributed by atoms with Crippen molar-refractivity contribution in [1.82, 2.24) is 0 Å². The van der Waals surface area contributed by atoms with Gasteiger partial charge in [0, 0.05) is 5.02 Å². The summed E-state index contributed by atoms with van der Waals surface area (Å²) in [5, 5.41) is 42.4. The summed E-state index contributed by atoms with van der Waals surface area (Å²) >= 11 is 6.43. The molecule has 1 fully saturated rings. The maximum absolute atomic E-state index is 10.4. The quantitative estimate of drug-likeness (QED) is 0.466. The van der Waals surface area contributed by atoms with Crippen LogP contribution in [0.5, 0.6) is 5.75 Å². The topological polar surface area (TPSA) is 99.4 Å². The molecule has 1 saturated heterocycles. The number of fused-ring (bicyclic) bond motifs is 1. The van der Waals surface area contributed by atoms with Crippen molar-refractivity contribution in [1.29, 1.82) is 0 Å². The maximum atomic E-state index is 10.4. The Labute approximate surface area is 185 Å². The van der Waals surface area contributed by atoms with E-state index in [2.05, 4.69) is 6.07 Å². The van der Waals surface area contributed by atoms with Crippen LogP contribution in [0, 0.1) is 0 Å². The van der Waals surface area contributed by atoms with E-state index in [1.165, 1.54) is 0 Å². The Balaban J connectivity index is 1.59. The Bertz CT molecular complexity index is 1070. The lowest BCUT2D eigenvalue weighted by molar-refractivity contribution is -0.0820. The largest absolute Gasteiger partial charge is 0.497 e. The fourth-order valence-corrected chi connectivity index (χ4v) is 4.22. The summed E-state index contributed by atoms with van der Waals surface area (Å²) in [6, 6.07) is 17.4. The zero-order chi connectivity index (χ0) is 22.1. The zero-order valence-electron chi connectivity index (χ0n) is 17.0. The van der Waals surface area contributed by atoms with Crippen LogP contribution in [0.3, 0.4) is 0 Å². The van der Waals surface area contributed by atoms with Gasteiger partial charge in [-0.15, -0.1) is 0 Å². The third-order valence-electron chi connectivity index (χ3n) is 5.77. The third kappa shape index (κ3) is 4.41. The predicted molar refractivity (Wildman–Crippen MR) is 117 cm³/mol. The van der Waals surface area contributed by atoms with Crippen LogP contribution in [0.15, 0.2) is 54.6 Å². The summed E-state index contributed by atoms with van der Waals surface area (Å²) in [4.78, 5) is 0. The Morgan fingerprint density at radius 3 is 2.48 bits per heavy atom. The highest BCUT2D eigenvalue weighted by atomic mass is 35.5. The van der Waals surface area contributed by atoms with Gasteiger partial charge in [-0.3, -0.25) is 0 Å². The first kappa shape index (κ1) is 22.0. The average molecular weight is 445 g/mol. The van der Waals surface area contributed by atoms with Crippen LogP contribution in [0.2, 0.25) is 5.02 Å². The van der Waals surface area contributed by atoms with Gasteiger partial charge in [-0.05, 0) is 52.1 Å². The van der Waals surface area contributed by atoms with E-state index in [0.717, 1.165) is 27.6 Å². The normalized spacial score (nSPS) is 24.5. The lowest BCUT2D eigenvalue weighted by Gasteiger charge is -2.19. The monoisotopic (exact) mass is 444 g/mol. The van der Waals surface area contributed by atoms with Crippen LogP contribution in [-0.4, -0.2) is 58.6 Å². The molecule has 0 aliphatic carbocycles. The number of methoxy groups -OCH3 is 1. The fourth-order valence-electron chi connectivity index (χ4n) is 4.04. The van der Waals surface area contributed by atoms with Gasteiger partial charge in [0.1, 0.15) is 36.3 Å². The molecule has 0 bridgehead atoms. The summed E-state index contributed by atoms with van der Waals surface area (Å²) in [6.45, 7) is -0.569. The first-order chi connectivity index (χ1) is 14.9. The van der Waals surface area contributed by atoms with Crippen LogP contribution >= 0.6 is 11.6 Å². The number of hydrogen-bond donors (Lipinski definition) is 4. The van der Waals surface area contributed by atoms with Gasteiger partial charge < -0.3 is 29.9 Å². The minimum absolute atomic E-state index is 0.569. The number of ether oxygens (including phenoxy) is 2. The average Bonchev–Trinajstić information content (AvgIpc) is 3.09. The van der Waals surface area contributed by atoms with Gasteiger partial charge in [-0.2, -0.15) is 0 Å². The Kier molecular flexibility index (Phi) is 6.48. The molecule has 3 aromatic rings. The van der Waals surface area contributed by atoms with Gasteiger partial charge in [0.15, 0.2) is 0 Å². The molecular weight excluding hydrogens is 420 g/mol. The molecule has 164 valence electrons. The van der Waals surface area contributed by atoms with Gasteiger partial charge in [0.2, 0.25) is 0 Å². The van der Waals surface area contributed by atoms with Crippen LogP contribution in [0.25, 0.3) is 10.8 Å². The minimum Gasteiger partial charge on any atom is -0.497 e. The molecular formula is C24H25ClO6. The van der Waals surface area contributed by atoms with Crippen molar-refractivity contribution in [3.63, 3.8) is 0 Å². The molecule has 0 aromatic heterocycles. The standard InChI is InChI=1S/C24H25ClO6/c1-30-18-6-4-14-8-13(2-3-15(14)11-18)9-17-10-16(5-7-19(17)25)23-21(28)22(29)24(31-23)20(27)12-26/h2-8,10-11,20-24,26-29H,9,12H2,1H3/t20-,21-,22-,23+,24-/m1/s1. The van der Waals surface area contributed by atoms with E-state index in [1.54, 1.807) is 19.2 Å². The molecule has 1 aliphatic rings. The van der Waals surface area contributed by atoms with Crippen molar-refractivity contribution in [3.05, 3.63) is 76.3 Å². The van der Waals surface area contributed by atoms with E-state index < -0.39 is 37.1 Å². The molecule has 1 heterocycles. The van der Waals surface area contributed by atoms with Crippen LogP contribution in [0.4, 0.5) is 0 Å². The van der Waals surface area contributed by atoms with E-state index >= 15 is 0 Å². The van der Waals surface area contributed by atoms with Gasteiger partial charge in [0.25, 0.3) is 0 Å². The maximum Gasteiger partial charge on any atom is 0.119 e. The van der Waals surface area contributed by atoms with Crippen molar-refractivity contribution >= 4 is 22.4 Å². The van der Waals surface area contributed by atoms with Gasteiger partial charge in [-0.1, -0.05) is 48.0 Å². The molecule has 5 atom stereocenters. The SMILES string of the molecule is COc1ccc2cc(Cc3cc([C@@H]4O[C@H]([C@H](O)CO)[C@H](O)[C@H]4O)ccc3Cl)ccc2c1. The minimum atomic E-state index is -1.30. The van der Waals surface area contributed by atoms with E-state index in [-0.39, 0.29) is 0 Å². The van der Waals surface area contributed by atoms with Crippen LogP contribution in [-0.2, 0) is 11.2 Å². The van der Waals surface area contributed by atoms with E-state index in [4.69, 9.17) is 26.2 Å². The molecule has 0 unspecified atom stereocenters. The molecule has 0 saturated carbocycles. The lowest BCUT2D eigenvalue weighted by Crippen LogP contribution is -2.40. The van der Waals surface area contributed by atoms with Crippen molar-refractivity contribution in [2.24, 2.45) is 0 Å². The predicted octanol–water partition coefficient (Wildman–Crippen LogP) is 2.61. The Morgan fingerprint density at radius 1 is 1.00 bits per heavy atom. The number of aliphatic hydroxyl groups is 4. The zero-order valence-corrected chi connectivity index (χ0v) is 17.7. The van der Waals surface area contributed by atoms with E-state index in [9.17, 15) is 15.3 Å². The summed E-state index contributed by atoms with van der Waals surface area (Å²) < 4.78 is 11.0. The molecule has 31 heavy (non-hydrogen) atoms. The second-order valence-corrected chi connectivity index (χ2v) is 8.23. The molecule has 1 aliphatic heterocycles. The van der Waals surface area contributed by atoms with Crippen molar-refractivity contribution < 1.29 is 29.9 Å². The van der Waals surface area contributed by atoms with E-state index in [1.807, 2.05) is 36.4 Å². The van der Waals surface area contributed by atoms with Crippen LogP contribution < -0.4 is 4.74 Å². The first-order valence-corrected chi connectivity index (χ1v) is 10.4. The van der Waals surface area contributed by atoms with Crippen molar-refractivity contribution in [3.8, 4) is 5.75 Å². The summed E-state index contributed by atoms with van der Waals surface area (Å²) in [7, 11) is 1.64. The van der Waals surface area contributed by atoms with Crippen molar-refractivity contribution in [2.75, 3.05) is 13.7 Å². The highest BCUT2D eigenvalue weighted by Crippen LogP contribution is 2.36. The van der Waals surface area contributed by atoms with Crippen molar-refractivity contribution in [2.45, 2.75) is 36.9 Å². The number of rotatable bonds is 6. The smallest absolute Gasteiger partial charge is 0.119 e. The van der Waals surface area contributed by atoms with Gasteiger partial charge >= 0.3 is 0 Å². The molecule has 0 radical (unpaired) electrons. The summed E-state index contributed by atoms with van der Waals surface area (Å²) in [6.07, 6.45) is -5.14. The van der Waals surface area contributed by atoms with Gasteiger partial charge in [0.05, 0.1) is 13.7 Å². The second kappa shape index (κ2) is 9.12. The third-order valence-corrected chi connectivity index (χ3v) is 6.14. The number of aliphatic hydroxyl groups excluding tert-OH is 4. The lowest BCUT2D eigenvalue weighted by atomic mass is 9.96. The molecule has 7 heteroatoms. The molecule has 6 nitrogen and oxygen atoms in total. The second-order valence-electron chi connectivity index (χ2n) is 7.83. The number of halogens is 1. The first-order valence-electron chi connectivity index (χ1n) is 10.1. The summed E-state index contributed by atoms with van der Waals surface area (Å²) in [5.74, 6) is 0.804. The van der Waals surface area contributed by atoms with Gasteiger partial charge in [-0.25, -0.2) is 0 Å². The highest BCUT2D eigenvalue weighted by molar-refractivity contribution is 6.31. The Hall–Kier alpha value is -2.19. The molecule has 3 aromatic carbocycles. The number of benzene rings is 3. The highest BCUT2D eigenvalue weighted by Gasteiger charge is 2.46. The summed E-state index contributed by atoms with van der Waals surface area (Å²) in [5.41, 5.74) is 2.56. The number of hydrogen-bond acceptors (Lipinski definition) is 6.